The average Bonchev–Trinajstić information content (AvgIpc) is 2.95. The highest BCUT2D eigenvalue weighted by atomic mass is 19.1. The summed E-state index contributed by atoms with van der Waals surface area (Å²) in [6.45, 7) is 14.7. The zero-order chi connectivity index (χ0) is 29.9. The molecule has 0 aliphatic rings. The van der Waals surface area contributed by atoms with Crippen LogP contribution >= 0.6 is 0 Å². The lowest BCUT2D eigenvalue weighted by Crippen LogP contribution is -2.62. The summed E-state index contributed by atoms with van der Waals surface area (Å²) >= 11 is 0. The first kappa shape index (κ1) is 35.1. The van der Waals surface area contributed by atoms with Crippen molar-refractivity contribution in [3.63, 3.8) is 0 Å². The van der Waals surface area contributed by atoms with Gasteiger partial charge in [0.25, 0.3) is 0 Å². The molecule has 7 heteroatoms. The van der Waals surface area contributed by atoms with Crippen molar-refractivity contribution in [2.75, 3.05) is 19.6 Å². The van der Waals surface area contributed by atoms with E-state index < -0.39 is 19.0 Å². The molecule has 0 N–H and O–H groups in total. The number of unbranched alkanes of at least 4 members (excludes halogenated alkanes) is 5. The van der Waals surface area contributed by atoms with E-state index in [1.807, 2.05) is 0 Å². The number of benzene rings is 2. The second-order valence-electron chi connectivity index (χ2n) is 11.4. The van der Waals surface area contributed by atoms with Gasteiger partial charge in [-0.25, -0.2) is 8.78 Å². The predicted molar refractivity (Wildman–Crippen MR) is 167 cm³/mol. The minimum Gasteiger partial charge on any atom is -0.501 e. The van der Waals surface area contributed by atoms with Gasteiger partial charge in [-0.2, -0.15) is 0 Å². The maximum Gasteiger partial charge on any atom is 0.788 e. The minimum absolute atomic E-state index is 0.126. The van der Waals surface area contributed by atoms with E-state index in [1.54, 1.807) is 24.3 Å². The number of quaternary nitrogens is 1. The Labute approximate surface area is 249 Å². The lowest BCUT2D eigenvalue weighted by molar-refractivity contribution is -0.955. The Kier molecular flexibility index (Phi) is 17.0. The summed E-state index contributed by atoms with van der Waals surface area (Å²) in [5.74, 6) is -0.168. The van der Waals surface area contributed by atoms with Crippen molar-refractivity contribution in [1.82, 2.24) is 0 Å². The second-order valence-corrected chi connectivity index (χ2v) is 11.4. The van der Waals surface area contributed by atoms with Gasteiger partial charge < -0.3 is 18.4 Å². The highest BCUT2D eigenvalue weighted by Crippen LogP contribution is 2.31. The first-order valence-corrected chi connectivity index (χ1v) is 16.3. The van der Waals surface area contributed by atoms with Crippen molar-refractivity contribution in [3.05, 3.63) is 60.2 Å². The normalized spacial score (nSPS) is 13.1. The van der Waals surface area contributed by atoms with Gasteiger partial charge in [0.2, 0.25) is 0 Å². The minimum atomic E-state index is -1.14. The Morgan fingerprint density at radius 3 is 1.54 bits per heavy atom. The second kappa shape index (κ2) is 19.9. The number of hydrogen-bond acceptors (Lipinski definition) is 3. The van der Waals surface area contributed by atoms with Crippen LogP contribution in [0.2, 0.25) is 0 Å². The fraction of sp³-hybridized carbons (Fsp3) is 0.647. The van der Waals surface area contributed by atoms with Crippen molar-refractivity contribution in [3.8, 4) is 11.5 Å². The van der Waals surface area contributed by atoms with Gasteiger partial charge in [0.1, 0.15) is 29.2 Å². The molecule has 4 nitrogen and oxygen atoms in total. The Balaban J connectivity index is 2.53. The summed E-state index contributed by atoms with van der Waals surface area (Å²) in [6.07, 6.45) is 13.2. The average molecular weight is 575 g/mol. The fourth-order valence-corrected chi connectivity index (χ4v) is 5.83. The lowest BCUT2D eigenvalue weighted by Gasteiger charge is -2.48. The van der Waals surface area contributed by atoms with Crippen molar-refractivity contribution < 1.29 is 27.2 Å². The van der Waals surface area contributed by atoms with E-state index in [9.17, 15) is 8.78 Å². The van der Waals surface area contributed by atoms with Crippen LogP contribution in [0.5, 0.6) is 11.5 Å². The van der Waals surface area contributed by atoms with Gasteiger partial charge in [-0.1, -0.05) is 91.7 Å². The molecular weight excluding hydrogens is 519 g/mol. The molecule has 0 saturated carbocycles. The van der Waals surface area contributed by atoms with Crippen molar-refractivity contribution in [1.29, 1.82) is 0 Å². The van der Waals surface area contributed by atoms with Crippen molar-refractivity contribution in [2.45, 2.75) is 124 Å². The predicted octanol–water partition coefficient (Wildman–Crippen LogP) is 9.76. The third kappa shape index (κ3) is 12.3. The van der Waals surface area contributed by atoms with E-state index in [1.165, 1.54) is 43.5 Å². The van der Waals surface area contributed by atoms with Crippen LogP contribution in [0, 0.1) is 11.6 Å². The smallest absolute Gasteiger partial charge is 0.501 e. The molecule has 2 aromatic rings. The van der Waals surface area contributed by atoms with Crippen LogP contribution < -0.4 is 9.31 Å². The largest absolute Gasteiger partial charge is 0.788 e. The van der Waals surface area contributed by atoms with Gasteiger partial charge in [-0.15, -0.1) is 0 Å². The third-order valence-corrected chi connectivity index (χ3v) is 8.02. The van der Waals surface area contributed by atoms with E-state index >= 15 is 0 Å². The van der Waals surface area contributed by atoms with Crippen molar-refractivity contribution in [2.24, 2.45) is 0 Å². The first-order chi connectivity index (χ1) is 19.9. The molecular formula is C34H55BF2NO3+. The zero-order valence-electron chi connectivity index (χ0n) is 26.4. The lowest BCUT2D eigenvalue weighted by atomic mass is 9.92. The molecule has 0 saturated heterocycles. The monoisotopic (exact) mass is 574 g/mol. The molecule has 41 heavy (non-hydrogen) atoms. The number of rotatable bonds is 23. The van der Waals surface area contributed by atoms with Crippen LogP contribution in [0.3, 0.4) is 0 Å². The first-order valence-electron chi connectivity index (χ1n) is 16.3. The molecule has 0 amide bonds. The van der Waals surface area contributed by atoms with Crippen LogP contribution in [0.15, 0.2) is 48.5 Å². The molecule has 0 aliphatic heterocycles. The van der Waals surface area contributed by atoms with Crippen LogP contribution in [-0.2, 0) is 4.65 Å². The Bertz CT molecular complexity index is 894. The molecule has 0 spiro atoms. The number of hydrogen-bond donors (Lipinski definition) is 0. The molecule has 230 valence electrons. The van der Waals surface area contributed by atoms with Gasteiger partial charge in [0.15, 0.2) is 0 Å². The summed E-state index contributed by atoms with van der Waals surface area (Å²) in [7, 11) is -1.14. The Hall–Kier alpha value is -2.12. The van der Waals surface area contributed by atoms with E-state index in [0.29, 0.717) is 11.5 Å². The van der Waals surface area contributed by atoms with E-state index in [-0.39, 0.29) is 12.1 Å². The summed E-state index contributed by atoms with van der Waals surface area (Å²) in [5.41, 5.74) is 0. The third-order valence-electron chi connectivity index (χ3n) is 8.02. The van der Waals surface area contributed by atoms with Gasteiger partial charge in [0.05, 0.1) is 25.7 Å². The molecule has 0 heterocycles. The van der Waals surface area contributed by atoms with E-state index in [0.717, 1.165) is 81.9 Å². The van der Waals surface area contributed by atoms with Gasteiger partial charge >= 0.3 is 7.32 Å². The Morgan fingerprint density at radius 1 is 0.634 bits per heavy atom. The van der Waals surface area contributed by atoms with Crippen LogP contribution in [0.4, 0.5) is 8.78 Å². The highest BCUT2D eigenvalue weighted by molar-refractivity contribution is 6.38. The van der Waals surface area contributed by atoms with Crippen molar-refractivity contribution >= 4 is 7.32 Å². The quantitative estimate of drug-likeness (QED) is 0.0751. The molecule has 2 aromatic carbocycles. The number of halogens is 2. The summed E-state index contributed by atoms with van der Waals surface area (Å²) in [4.78, 5) is 0. The van der Waals surface area contributed by atoms with E-state index in [4.69, 9.17) is 14.0 Å². The fourth-order valence-electron chi connectivity index (χ4n) is 5.83. The standard InChI is InChI=1S/C34H55BF2NO3/c1-6-11-15-23-34(33(18-10-5)38(24-12-7-2,25-13-8-3)26-14-9-4)41-35(39-31-21-16-19-29(36)27-31)40-32-22-17-20-30(37)28-32/h16-17,19-22,27-28,33-34H,6-15,18,23-26H2,1-5H3/q+1. The van der Waals surface area contributed by atoms with Crippen LogP contribution in [0.1, 0.15) is 112 Å². The molecule has 2 rings (SSSR count). The molecule has 0 aromatic heterocycles. The van der Waals surface area contributed by atoms with E-state index in [2.05, 4.69) is 34.6 Å². The maximum atomic E-state index is 14.1. The summed E-state index contributed by atoms with van der Waals surface area (Å²) < 4.78 is 48.4. The molecule has 0 bridgehead atoms. The van der Waals surface area contributed by atoms with Gasteiger partial charge in [-0.05, 0) is 49.9 Å². The Morgan fingerprint density at radius 2 is 1.12 bits per heavy atom. The summed E-state index contributed by atoms with van der Waals surface area (Å²) in [6, 6.07) is 12.3. The van der Waals surface area contributed by atoms with Gasteiger partial charge in [0, 0.05) is 18.6 Å². The number of nitrogens with zero attached hydrogens (tertiary/aromatic N) is 1. The van der Waals surface area contributed by atoms with Crippen LogP contribution in [0.25, 0.3) is 0 Å². The molecule has 0 fully saturated rings. The summed E-state index contributed by atoms with van der Waals surface area (Å²) in [5, 5.41) is 0. The SMILES string of the molecule is CCCCCC(OB(Oc1cccc(F)c1)Oc1cccc(F)c1)C(CCC)[N+](CCCC)(CCCC)CCCC. The van der Waals surface area contributed by atoms with Gasteiger partial charge in [-0.3, -0.25) is 0 Å². The topological polar surface area (TPSA) is 27.7 Å². The molecule has 2 unspecified atom stereocenters. The highest BCUT2D eigenvalue weighted by Gasteiger charge is 2.44. The van der Waals surface area contributed by atoms with Crippen LogP contribution in [-0.4, -0.2) is 43.6 Å². The maximum absolute atomic E-state index is 14.1. The molecule has 2 atom stereocenters. The molecule has 0 radical (unpaired) electrons. The molecule has 0 aliphatic carbocycles. The zero-order valence-corrected chi connectivity index (χ0v) is 26.4.